The molecule has 2 aromatic carbocycles. The molecule has 146 valence electrons. The van der Waals surface area contributed by atoms with Crippen molar-refractivity contribution in [3.05, 3.63) is 41.8 Å². The number of fused-ring (bicyclic) bond motifs is 2. The number of hydrogen-bond donors (Lipinski definition) is 1. The van der Waals surface area contributed by atoms with Crippen molar-refractivity contribution in [1.29, 1.82) is 5.26 Å². The van der Waals surface area contributed by atoms with Gasteiger partial charge in [-0.2, -0.15) is 15.3 Å². The standard InChI is InChI=1S/C21H18FN5OS/c1-27-11-15-7-12(6-14(10-23)19(15)26-27)13-8-17(22)20-18(9-13)29-21(25-20)28-16-2-4-24-5-3-16/h6-9,11,16,24H,2-5H2,1H3. The fourth-order valence-corrected chi connectivity index (χ4v) is 4.68. The molecule has 0 saturated carbocycles. The molecule has 1 aliphatic heterocycles. The summed E-state index contributed by atoms with van der Waals surface area (Å²) in [5.41, 5.74) is 2.92. The summed E-state index contributed by atoms with van der Waals surface area (Å²) in [6.45, 7) is 1.85. The molecule has 1 aliphatic rings. The van der Waals surface area contributed by atoms with E-state index in [4.69, 9.17) is 4.74 Å². The number of benzene rings is 2. The van der Waals surface area contributed by atoms with Crippen LogP contribution in [0.2, 0.25) is 0 Å². The predicted octanol–water partition coefficient (Wildman–Crippen LogP) is 3.99. The molecule has 1 N–H and O–H groups in total. The molecular formula is C21H18FN5OS. The zero-order valence-electron chi connectivity index (χ0n) is 15.8. The molecule has 5 rings (SSSR count). The lowest BCUT2D eigenvalue weighted by molar-refractivity contribution is 0.162. The van der Waals surface area contributed by atoms with Gasteiger partial charge in [-0.3, -0.25) is 4.68 Å². The van der Waals surface area contributed by atoms with Crippen LogP contribution in [-0.4, -0.2) is 34.0 Å². The molecule has 29 heavy (non-hydrogen) atoms. The normalized spacial score (nSPS) is 15.1. The van der Waals surface area contributed by atoms with Gasteiger partial charge >= 0.3 is 0 Å². The van der Waals surface area contributed by atoms with Crippen molar-refractivity contribution >= 4 is 32.5 Å². The molecule has 0 atom stereocenters. The van der Waals surface area contributed by atoms with Gasteiger partial charge in [-0.15, -0.1) is 0 Å². The monoisotopic (exact) mass is 407 g/mol. The first-order chi connectivity index (χ1) is 14.1. The number of hydrogen-bond acceptors (Lipinski definition) is 6. The van der Waals surface area contributed by atoms with E-state index in [1.807, 2.05) is 25.4 Å². The van der Waals surface area contributed by atoms with E-state index in [1.165, 1.54) is 17.4 Å². The average molecular weight is 407 g/mol. The van der Waals surface area contributed by atoms with Crippen LogP contribution < -0.4 is 10.1 Å². The highest BCUT2D eigenvalue weighted by Gasteiger charge is 2.19. The van der Waals surface area contributed by atoms with E-state index in [-0.39, 0.29) is 6.10 Å². The molecule has 8 heteroatoms. The van der Waals surface area contributed by atoms with Crippen molar-refractivity contribution in [2.75, 3.05) is 13.1 Å². The summed E-state index contributed by atoms with van der Waals surface area (Å²) in [6, 6.07) is 9.25. The number of aromatic nitrogens is 3. The van der Waals surface area contributed by atoms with Crippen LogP contribution in [0, 0.1) is 17.1 Å². The Morgan fingerprint density at radius 2 is 2.00 bits per heavy atom. The minimum absolute atomic E-state index is 0.116. The smallest absolute Gasteiger partial charge is 0.274 e. The fourth-order valence-electron chi connectivity index (χ4n) is 3.75. The molecule has 0 spiro atoms. The summed E-state index contributed by atoms with van der Waals surface area (Å²) >= 11 is 1.36. The number of nitrogens with one attached hydrogen (secondary N) is 1. The lowest BCUT2D eigenvalue weighted by Gasteiger charge is -2.22. The number of piperidine rings is 1. The Morgan fingerprint density at radius 3 is 2.79 bits per heavy atom. The molecular weight excluding hydrogens is 389 g/mol. The van der Waals surface area contributed by atoms with E-state index in [0.29, 0.717) is 27.4 Å². The van der Waals surface area contributed by atoms with Crippen molar-refractivity contribution < 1.29 is 9.13 Å². The van der Waals surface area contributed by atoms with Gasteiger partial charge in [0.1, 0.15) is 23.2 Å². The fraction of sp³-hybridized carbons (Fsp3) is 0.286. The predicted molar refractivity (Wildman–Crippen MR) is 111 cm³/mol. The second kappa shape index (κ2) is 7.10. The van der Waals surface area contributed by atoms with Crippen LogP contribution in [0.4, 0.5) is 4.39 Å². The van der Waals surface area contributed by atoms with Gasteiger partial charge < -0.3 is 10.1 Å². The van der Waals surface area contributed by atoms with Crippen LogP contribution in [0.3, 0.4) is 0 Å². The second-order valence-electron chi connectivity index (χ2n) is 7.23. The molecule has 0 radical (unpaired) electrons. The molecule has 4 aromatic rings. The molecule has 0 bridgehead atoms. The highest BCUT2D eigenvalue weighted by Crippen LogP contribution is 2.35. The second-order valence-corrected chi connectivity index (χ2v) is 8.22. The zero-order chi connectivity index (χ0) is 20.0. The maximum absolute atomic E-state index is 14.8. The first kappa shape index (κ1) is 18.0. The van der Waals surface area contributed by atoms with Crippen molar-refractivity contribution in [2.45, 2.75) is 18.9 Å². The third kappa shape index (κ3) is 3.33. The lowest BCUT2D eigenvalue weighted by atomic mass is 10.0. The number of rotatable bonds is 3. The van der Waals surface area contributed by atoms with Gasteiger partial charge in [0, 0.05) is 18.6 Å². The van der Waals surface area contributed by atoms with E-state index in [0.717, 1.165) is 41.6 Å². The van der Waals surface area contributed by atoms with Crippen LogP contribution in [0.15, 0.2) is 30.5 Å². The summed E-state index contributed by atoms with van der Waals surface area (Å²) in [6.07, 6.45) is 3.81. The Morgan fingerprint density at radius 1 is 1.21 bits per heavy atom. The first-order valence-corrected chi connectivity index (χ1v) is 10.3. The van der Waals surface area contributed by atoms with E-state index < -0.39 is 5.82 Å². The lowest BCUT2D eigenvalue weighted by Crippen LogP contribution is -2.34. The third-order valence-corrected chi connectivity index (χ3v) is 6.05. The quantitative estimate of drug-likeness (QED) is 0.556. The SMILES string of the molecule is Cn1cc2cc(-c3cc(F)c4nc(OC5CCNCC5)sc4c3)cc(C#N)c2n1. The van der Waals surface area contributed by atoms with Crippen molar-refractivity contribution in [3.8, 4) is 22.4 Å². The molecule has 6 nitrogen and oxygen atoms in total. The molecule has 0 unspecified atom stereocenters. The Balaban J connectivity index is 1.55. The maximum atomic E-state index is 14.8. The van der Waals surface area contributed by atoms with Gasteiger partial charge in [0.05, 0.1) is 10.3 Å². The molecule has 1 saturated heterocycles. The summed E-state index contributed by atoms with van der Waals surface area (Å²) in [5.74, 6) is -0.390. The maximum Gasteiger partial charge on any atom is 0.274 e. The van der Waals surface area contributed by atoms with Gasteiger partial charge in [-0.25, -0.2) is 4.39 Å². The Labute approximate surface area is 170 Å². The van der Waals surface area contributed by atoms with E-state index in [9.17, 15) is 9.65 Å². The summed E-state index contributed by atoms with van der Waals surface area (Å²) in [7, 11) is 1.81. The minimum Gasteiger partial charge on any atom is -0.467 e. The summed E-state index contributed by atoms with van der Waals surface area (Å²) < 4.78 is 23.2. The summed E-state index contributed by atoms with van der Waals surface area (Å²) in [5, 5.41) is 18.5. The Hall–Kier alpha value is -3.02. The highest BCUT2D eigenvalue weighted by molar-refractivity contribution is 7.20. The van der Waals surface area contributed by atoms with Gasteiger partial charge in [0.15, 0.2) is 5.82 Å². The topological polar surface area (TPSA) is 75.8 Å². The Kier molecular flexibility index (Phi) is 4.42. The van der Waals surface area contributed by atoms with Crippen LogP contribution in [0.5, 0.6) is 5.19 Å². The van der Waals surface area contributed by atoms with Crippen molar-refractivity contribution in [1.82, 2.24) is 20.1 Å². The van der Waals surface area contributed by atoms with Crippen LogP contribution in [-0.2, 0) is 7.05 Å². The first-order valence-electron chi connectivity index (χ1n) is 9.46. The minimum atomic E-state index is -0.390. The molecule has 2 aromatic heterocycles. The van der Waals surface area contributed by atoms with E-state index in [1.54, 1.807) is 10.7 Å². The largest absolute Gasteiger partial charge is 0.467 e. The van der Waals surface area contributed by atoms with Crippen LogP contribution in [0.1, 0.15) is 18.4 Å². The van der Waals surface area contributed by atoms with Gasteiger partial charge in [-0.05, 0) is 61.3 Å². The number of thiazole rings is 1. The molecule has 0 amide bonds. The molecule has 3 heterocycles. The van der Waals surface area contributed by atoms with Gasteiger partial charge in [-0.1, -0.05) is 11.3 Å². The Bertz CT molecular complexity index is 1270. The van der Waals surface area contributed by atoms with Crippen molar-refractivity contribution in [2.24, 2.45) is 7.05 Å². The molecule has 1 fully saturated rings. The number of aryl methyl sites for hydroxylation is 1. The van der Waals surface area contributed by atoms with Crippen LogP contribution in [0.25, 0.3) is 32.2 Å². The average Bonchev–Trinajstić information content (AvgIpc) is 3.30. The van der Waals surface area contributed by atoms with E-state index >= 15 is 0 Å². The highest BCUT2D eigenvalue weighted by atomic mass is 32.1. The number of nitriles is 1. The van der Waals surface area contributed by atoms with Crippen molar-refractivity contribution in [3.63, 3.8) is 0 Å². The number of nitrogens with zero attached hydrogens (tertiary/aromatic N) is 4. The summed E-state index contributed by atoms with van der Waals surface area (Å²) in [4.78, 5) is 4.36. The third-order valence-electron chi connectivity index (χ3n) is 5.16. The number of ether oxygens (including phenoxy) is 1. The van der Waals surface area contributed by atoms with Gasteiger partial charge in [0.25, 0.3) is 5.19 Å². The number of halogens is 1. The van der Waals surface area contributed by atoms with E-state index in [2.05, 4.69) is 21.5 Å². The zero-order valence-corrected chi connectivity index (χ0v) is 16.6. The molecule has 0 aliphatic carbocycles. The van der Waals surface area contributed by atoms with Crippen LogP contribution >= 0.6 is 11.3 Å². The van der Waals surface area contributed by atoms with Gasteiger partial charge in [0.2, 0.25) is 0 Å².